The average Bonchev–Trinajstić information content (AvgIpc) is 2.29. The van der Waals surface area contributed by atoms with Crippen LogP contribution in [0, 0.1) is 11.2 Å². The molecular weight excluding hydrogens is 299 g/mol. The molecule has 18 heavy (non-hydrogen) atoms. The first-order valence-electron chi connectivity index (χ1n) is 5.79. The fourth-order valence-electron chi connectivity index (χ4n) is 1.57. The van der Waals surface area contributed by atoms with Gasteiger partial charge in [0.2, 0.25) is 5.91 Å². The van der Waals surface area contributed by atoms with Crippen LogP contribution in [0.4, 0.5) is 4.39 Å². The van der Waals surface area contributed by atoms with Gasteiger partial charge < -0.3 is 11.1 Å². The quantitative estimate of drug-likeness (QED) is 0.877. The van der Waals surface area contributed by atoms with E-state index in [2.05, 4.69) is 21.2 Å². The van der Waals surface area contributed by atoms with Crippen molar-refractivity contribution in [3.63, 3.8) is 0 Å². The van der Waals surface area contributed by atoms with Crippen molar-refractivity contribution in [2.75, 3.05) is 6.54 Å². The number of hydrogen-bond donors (Lipinski definition) is 2. The van der Waals surface area contributed by atoms with Crippen LogP contribution < -0.4 is 11.1 Å². The molecule has 1 rings (SSSR count). The lowest BCUT2D eigenvalue weighted by molar-refractivity contribution is -0.129. The highest BCUT2D eigenvalue weighted by Gasteiger charge is 2.26. The summed E-state index contributed by atoms with van der Waals surface area (Å²) in [6, 6.07) is 4.65. The van der Waals surface area contributed by atoms with Crippen molar-refractivity contribution >= 4 is 21.8 Å². The average molecular weight is 317 g/mol. The normalized spacial score (nSPS) is 11.4. The van der Waals surface area contributed by atoms with E-state index in [1.807, 2.05) is 13.8 Å². The lowest BCUT2D eigenvalue weighted by Gasteiger charge is -2.22. The van der Waals surface area contributed by atoms with Crippen LogP contribution in [0.1, 0.15) is 25.8 Å². The zero-order valence-corrected chi connectivity index (χ0v) is 12.2. The Labute approximate surface area is 115 Å². The molecule has 1 amide bonds. The maximum atomic E-state index is 13.5. The molecule has 0 aliphatic rings. The molecule has 3 N–H and O–H groups in total. The summed E-state index contributed by atoms with van der Waals surface area (Å²) >= 11 is 3.27. The first kappa shape index (κ1) is 15.1. The molecule has 0 aliphatic heterocycles. The summed E-state index contributed by atoms with van der Waals surface area (Å²) in [4.78, 5) is 11.9. The zero-order valence-electron chi connectivity index (χ0n) is 10.6. The molecule has 0 unspecified atom stereocenters. The number of hydrogen-bond acceptors (Lipinski definition) is 2. The maximum absolute atomic E-state index is 13.5. The van der Waals surface area contributed by atoms with Gasteiger partial charge in [-0.25, -0.2) is 4.39 Å². The van der Waals surface area contributed by atoms with Crippen molar-refractivity contribution in [2.24, 2.45) is 11.1 Å². The molecule has 0 fully saturated rings. The highest BCUT2D eigenvalue weighted by Crippen LogP contribution is 2.20. The highest BCUT2D eigenvalue weighted by molar-refractivity contribution is 9.10. The lowest BCUT2D eigenvalue weighted by Crippen LogP contribution is -2.38. The van der Waals surface area contributed by atoms with Crippen molar-refractivity contribution in [2.45, 2.75) is 26.8 Å². The van der Waals surface area contributed by atoms with Crippen LogP contribution in [0.5, 0.6) is 0 Å². The largest absolute Gasteiger partial charge is 0.351 e. The molecular formula is C13H18BrFN2O. The number of nitrogens with two attached hydrogens (primary N) is 1. The van der Waals surface area contributed by atoms with Gasteiger partial charge in [-0.3, -0.25) is 4.79 Å². The van der Waals surface area contributed by atoms with Gasteiger partial charge in [-0.1, -0.05) is 29.8 Å². The van der Waals surface area contributed by atoms with Gasteiger partial charge in [0.1, 0.15) is 5.82 Å². The second-order valence-corrected chi connectivity index (χ2v) is 5.76. The molecule has 100 valence electrons. The van der Waals surface area contributed by atoms with Crippen LogP contribution in [0.25, 0.3) is 0 Å². The number of rotatable bonds is 5. The van der Waals surface area contributed by atoms with Gasteiger partial charge in [-0.15, -0.1) is 0 Å². The summed E-state index contributed by atoms with van der Waals surface area (Å²) in [5.41, 5.74) is 5.39. The van der Waals surface area contributed by atoms with E-state index in [0.717, 1.165) is 4.47 Å². The van der Waals surface area contributed by atoms with Crippen LogP contribution >= 0.6 is 15.9 Å². The predicted molar refractivity (Wildman–Crippen MR) is 73.4 cm³/mol. The van der Waals surface area contributed by atoms with Crippen molar-refractivity contribution in [3.05, 3.63) is 34.1 Å². The first-order valence-corrected chi connectivity index (χ1v) is 6.58. The number of halogens is 2. The molecule has 0 aliphatic carbocycles. The van der Waals surface area contributed by atoms with E-state index >= 15 is 0 Å². The number of carbonyl (C=O) groups excluding carboxylic acids is 1. The van der Waals surface area contributed by atoms with Gasteiger partial charge >= 0.3 is 0 Å². The van der Waals surface area contributed by atoms with Crippen molar-refractivity contribution in [1.82, 2.24) is 5.32 Å². The topological polar surface area (TPSA) is 55.1 Å². The Hall–Kier alpha value is -0.940. The van der Waals surface area contributed by atoms with E-state index in [0.29, 0.717) is 18.5 Å². The van der Waals surface area contributed by atoms with Gasteiger partial charge in [-0.05, 0) is 31.2 Å². The Bertz CT molecular complexity index is 435. The molecule has 1 aromatic rings. The van der Waals surface area contributed by atoms with E-state index in [4.69, 9.17) is 5.73 Å². The molecule has 3 nitrogen and oxygen atoms in total. The molecule has 0 atom stereocenters. The molecule has 0 saturated heterocycles. The van der Waals surface area contributed by atoms with Crippen LogP contribution in [-0.4, -0.2) is 12.5 Å². The van der Waals surface area contributed by atoms with Crippen LogP contribution in [-0.2, 0) is 11.3 Å². The van der Waals surface area contributed by atoms with Gasteiger partial charge in [0.25, 0.3) is 0 Å². The fraction of sp³-hybridized carbons (Fsp3) is 0.462. The summed E-state index contributed by atoms with van der Waals surface area (Å²) in [7, 11) is 0. The highest BCUT2D eigenvalue weighted by atomic mass is 79.9. The Morgan fingerprint density at radius 1 is 1.50 bits per heavy atom. The molecule has 0 heterocycles. The SMILES string of the molecule is CC(C)(CCN)C(=O)NCc1cc(Br)ccc1F. The van der Waals surface area contributed by atoms with Gasteiger partial charge in [0, 0.05) is 22.0 Å². The minimum atomic E-state index is -0.531. The number of carbonyl (C=O) groups is 1. The van der Waals surface area contributed by atoms with E-state index in [1.54, 1.807) is 12.1 Å². The van der Waals surface area contributed by atoms with Crippen molar-refractivity contribution in [1.29, 1.82) is 0 Å². The van der Waals surface area contributed by atoms with Gasteiger partial charge in [-0.2, -0.15) is 0 Å². The van der Waals surface area contributed by atoms with E-state index in [-0.39, 0.29) is 18.3 Å². The van der Waals surface area contributed by atoms with Crippen molar-refractivity contribution < 1.29 is 9.18 Å². The number of benzene rings is 1. The van der Waals surface area contributed by atoms with Crippen LogP contribution in [0.3, 0.4) is 0 Å². The minimum Gasteiger partial charge on any atom is -0.351 e. The maximum Gasteiger partial charge on any atom is 0.225 e. The molecule has 5 heteroatoms. The fourth-order valence-corrected chi connectivity index (χ4v) is 1.98. The van der Waals surface area contributed by atoms with Gasteiger partial charge in [0.05, 0.1) is 0 Å². The Kier molecular flexibility index (Phi) is 5.28. The summed E-state index contributed by atoms with van der Waals surface area (Å²) in [5, 5.41) is 2.74. The molecule has 0 radical (unpaired) electrons. The molecule has 0 aromatic heterocycles. The second-order valence-electron chi connectivity index (χ2n) is 4.84. The smallest absolute Gasteiger partial charge is 0.225 e. The van der Waals surface area contributed by atoms with E-state index in [9.17, 15) is 9.18 Å². The molecule has 0 bridgehead atoms. The minimum absolute atomic E-state index is 0.118. The standard InChI is InChI=1S/C13H18BrFN2O/c1-13(2,5-6-16)12(18)17-8-9-7-10(14)3-4-11(9)15/h3-4,7H,5-6,8,16H2,1-2H3,(H,17,18). The summed E-state index contributed by atoms with van der Waals surface area (Å²) in [6.45, 7) is 4.28. The Morgan fingerprint density at radius 2 is 2.17 bits per heavy atom. The predicted octanol–water partition coefficient (Wildman–Crippen LogP) is 2.58. The van der Waals surface area contributed by atoms with Gasteiger partial charge in [0.15, 0.2) is 0 Å². The van der Waals surface area contributed by atoms with Crippen LogP contribution in [0.15, 0.2) is 22.7 Å². The Morgan fingerprint density at radius 3 is 2.78 bits per heavy atom. The first-order chi connectivity index (χ1) is 8.36. The van der Waals surface area contributed by atoms with E-state index in [1.165, 1.54) is 6.07 Å². The molecule has 0 saturated carbocycles. The molecule has 0 spiro atoms. The van der Waals surface area contributed by atoms with Crippen LogP contribution in [0.2, 0.25) is 0 Å². The summed E-state index contributed by atoms with van der Waals surface area (Å²) in [5.74, 6) is -0.442. The third-order valence-electron chi connectivity index (χ3n) is 2.83. The summed E-state index contributed by atoms with van der Waals surface area (Å²) in [6.07, 6.45) is 0.597. The second kappa shape index (κ2) is 6.29. The van der Waals surface area contributed by atoms with E-state index < -0.39 is 5.41 Å². The third-order valence-corrected chi connectivity index (χ3v) is 3.32. The van der Waals surface area contributed by atoms with Crippen molar-refractivity contribution in [3.8, 4) is 0 Å². The lowest BCUT2D eigenvalue weighted by atomic mass is 9.88. The summed E-state index contributed by atoms with van der Waals surface area (Å²) < 4.78 is 14.3. The zero-order chi connectivity index (χ0) is 13.8. The Balaban J connectivity index is 2.65. The third kappa shape index (κ3) is 4.07. The monoisotopic (exact) mass is 316 g/mol. The molecule has 1 aromatic carbocycles. The number of amides is 1. The number of nitrogens with one attached hydrogen (secondary N) is 1.